The summed E-state index contributed by atoms with van der Waals surface area (Å²) >= 11 is 0. The number of carbonyl (C=O) groups excluding carboxylic acids is 1. The molecule has 1 aliphatic heterocycles. The third-order valence-electron chi connectivity index (χ3n) is 2.20. The molecule has 4 nitrogen and oxygen atoms in total. The van der Waals surface area contributed by atoms with E-state index in [1.165, 1.54) is 6.08 Å². The molecule has 0 radical (unpaired) electrons. The van der Waals surface area contributed by atoms with E-state index in [1.54, 1.807) is 12.2 Å². The van der Waals surface area contributed by atoms with Gasteiger partial charge in [-0.05, 0) is 25.1 Å². The summed E-state index contributed by atoms with van der Waals surface area (Å²) in [5.74, 6) is -0.187. The van der Waals surface area contributed by atoms with Crippen LogP contribution < -0.4 is 5.73 Å². The number of allylic oxidation sites excluding steroid dienone is 4. The number of ketones is 1. The van der Waals surface area contributed by atoms with Gasteiger partial charge in [0.25, 0.3) is 0 Å². The minimum absolute atomic E-state index is 0.0752. The van der Waals surface area contributed by atoms with E-state index >= 15 is 0 Å². The van der Waals surface area contributed by atoms with Crippen molar-refractivity contribution in [2.24, 2.45) is 10.7 Å². The Morgan fingerprint density at radius 1 is 1.50 bits per heavy atom. The lowest BCUT2D eigenvalue weighted by Crippen LogP contribution is -2.10. The zero-order valence-electron chi connectivity index (χ0n) is 7.53. The summed E-state index contributed by atoms with van der Waals surface area (Å²) in [4.78, 5) is 15.4. The Hall–Kier alpha value is -1.68. The summed E-state index contributed by atoms with van der Waals surface area (Å²) in [5.41, 5.74) is 6.99. The van der Waals surface area contributed by atoms with Crippen LogP contribution in [-0.2, 0) is 4.79 Å². The van der Waals surface area contributed by atoms with Gasteiger partial charge in [0.05, 0.1) is 11.3 Å². The largest absolute Gasteiger partial charge is 0.493 e. The van der Waals surface area contributed by atoms with Gasteiger partial charge in [0.2, 0.25) is 5.90 Å². The average Bonchev–Trinajstić information content (AvgIpc) is 2.45. The first kappa shape index (κ1) is 8.90. The highest BCUT2D eigenvalue weighted by Crippen LogP contribution is 2.29. The molecule has 2 aliphatic rings. The molecule has 0 saturated heterocycles. The van der Waals surface area contributed by atoms with Crippen LogP contribution >= 0.6 is 0 Å². The Labute approximate surface area is 81.1 Å². The maximum absolute atomic E-state index is 11.5. The van der Waals surface area contributed by atoms with Crippen molar-refractivity contribution in [3.63, 3.8) is 0 Å². The number of carbonyl (C=O) groups is 1. The highest BCUT2D eigenvalue weighted by Gasteiger charge is 2.27. The van der Waals surface area contributed by atoms with Crippen LogP contribution in [0.1, 0.15) is 6.42 Å². The molecule has 2 rings (SSSR count). The van der Waals surface area contributed by atoms with E-state index in [0.29, 0.717) is 29.8 Å². The minimum atomic E-state index is -0.112. The Balaban J connectivity index is 2.49. The average molecular weight is 190 g/mol. The molecule has 1 heterocycles. The van der Waals surface area contributed by atoms with Crippen LogP contribution in [0.4, 0.5) is 0 Å². The van der Waals surface area contributed by atoms with E-state index in [2.05, 4.69) is 4.99 Å². The third-order valence-corrected chi connectivity index (χ3v) is 2.20. The van der Waals surface area contributed by atoms with Crippen LogP contribution in [-0.4, -0.2) is 23.3 Å². The number of hydrogen-bond acceptors (Lipinski definition) is 3. The van der Waals surface area contributed by atoms with Crippen LogP contribution in [0, 0.1) is 0 Å². The number of fused-ring (bicyclic) bond motifs is 1. The molecular weight excluding hydrogens is 180 g/mol. The van der Waals surface area contributed by atoms with Crippen LogP contribution in [0.15, 0.2) is 40.1 Å². The molecule has 0 aromatic carbocycles. The van der Waals surface area contributed by atoms with E-state index in [9.17, 15) is 9.90 Å². The van der Waals surface area contributed by atoms with E-state index < -0.39 is 0 Å². The van der Waals surface area contributed by atoms with E-state index in [4.69, 9.17) is 5.73 Å². The van der Waals surface area contributed by atoms with Crippen molar-refractivity contribution in [1.82, 2.24) is 0 Å². The van der Waals surface area contributed by atoms with Gasteiger partial charge >= 0.3 is 0 Å². The quantitative estimate of drug-likeness (QED) is 0.670. The summed E-state index contributed by atoms with van der Waals surface area (Å²) in [7, 11) is 0. The molecule has 1 aliphatic carbocycles. The van der Waals surface area contributed by atoms with E-state index in [0.717, 1.165) is 0 Å². The van der Waals surface area contributed by atoms with Crippen molar-refractivity contribution in [2.45, 2.75) is 6.42 Å². The molecule has 0 amide bonds. The summed E-state index contributed by atoms with van der Waals surface area (Å²) in [6, 6.07) is 0. The second kappa shape index (κ2) is 3.23. The van der Waals surface area contributed by atoms with Gasteiger partial charge < -0.3 is 10.8 Å². The van der Waals surface area contributed by atoms with Crippen molar-refractivity contribution in [2.75, 3.05) is 6.54 Å². The lowest BCUT2D eigenvalue weighted by atomic mass is 9.97. The lowest BCUT2D eigenvalue weighted by Gasteiger charge is -2.05. The Kier molecular flexibility index (Phi) is 2.05. The normalized spacial score (nSPS) is 19.6. The molecule has 72 valence electrons. The van der Waals surface area contributed by atoms with E-state index in [1.807, 2.05) is 0 Å². The summed E-state index contributed by atoms with van der Waals surface area (Å²) in [6.07, 6.45) is 5.27. The maximum Gasteiger partial charge on any atom is 0.215 e. The topological polar surface area (TPSA) is 75.7 Å². The predicted molar refractivity (Wildman–Crippen MR) is 53.0 cm³/mol. The molecular formula is C10H10N2O2. The van der Waals surface area contributed by atoms with Gasteiger partial charge in [-0.15, -0.1) is 0 Å². The number of nitrogens with zero attached hydrogens (tertiary/aromatic N) is 1. The first-order valence-corrected chi connectivity index (χ1v) is 4.38. The van der Waals surface area contributed by atoms with Crippen molar-refractivity contribution in [3.05, 3.63) is 35.1 Å². The predicted octanol–water partition coefficient (Wildman–Crippen LogP) is 0.625. The summed E-state index contributed by atoms with van der Waals surface area (Å²) in [5, 5.41) is 9.48. The molecule has 0 bridgehead atoms. The smallest absolute Gasteiger partial charge is 0.215 e. The van der Waals surface area contributed by atoms with Gasteiger partial charge in [-0.1, -0.05) is 6.08 Å². The molecule has 0 aromatic rings. The minimum Gasteiger partial charge on any atom is -0.493 e. The molecule has 0 aromatic heterocycles. The number of nitrogens with two attached hydrogens (primary N) is 1. The fraction of sp³-hybridized carbons (Fsp3) is 0.200. The first-order chi connectivity index (χ1) is 6.74. The van der Waals surface area contributed by atoms with Crippen LogP contribution in [0.25, 0.3) is 0 Å². The van der Waals surface area contributed by atoms with Crippen LogP contribution in [0.3, 0.4) is 0 Å². The Morgan fingerprint density at radius 3 is 3.00 bits per heavy atom. The molecule has 4 heteroatoms. The molecule has 0 saturated carbocycles. The first-order valence-electron chi connectivity index (χ1n) is 4.38. The van der Waals surface area contributed by atoms with Gasteiger partial charge in [0.15, 0.2) is 5.78 Å². The van der Waals surface area contributed by atoms with Crippen molar-refractivity contribution in [3.8, 4) is 0 Å². The summed E-state index contributed by atoms with van der Waals surface area (Å²) < 4.78 is 0. The van der Waals surface area contributed by atoms with Gasteiger partial charge in [-0.2, -0.15) is 0 Å². The van der Waals surface area contributed by atoms with Crippen LogP contribution in [0.5, 0.6) is 0 Å². The van der Waals surface area contributed by atoms with Crippen molar-refractivity contribution >= 4 is 11.7 Å². The molecule has 0 spiro atoms. The summed E-state index contributed by atoms with van der Waals surface area (Å²) in [6.45, 7) is 0.392. The molecule has 0 unspecified atom stereocenters. The number of hydrogen-bond donors (Lipinski definition) is 2. The standard InChI is InChI=1S/C10H10N2O2/c11-5-4-6-9-7(12-10(6)14)2-1-3-8(9)13/h1-3H,4-5,11H2,(H,12,14). The molecule has 0 atom stereocenters. The van der Waals surface area contributed by atoms with Crippen molar-refractivity contribution < 1.29 is 9.90 Å². The number of aliphatic hydroxyl groups excluding tert-OH is 1. The number of aliphatic hydroxyl groups is 1. The SMILES string of the molecule is NCCC1=C2C(=O)C=CC=C2N=C1O. The third kappa shape index (κ3) is 1.20. The Bertz CT molecular complexity index is 414. The van der Waals surface area contributed by atoms with Crippen LogP contribution in [0.2, 0.25) is 0 Å². The van der Waals surface area contributed by atoms with Gasteiger partial charge in [0.1, 0.15) is 0 Å². The second-order valence-electron chi connectivity index (χ2n) is 3.10. The fourth-order valence-corrected chi connectivity index (χ4v) is 1.59. The monoisotopic (exact) mass is 190 g/mol. The highest BCUT2D eigenvalue weighted by atomic mass is 16.3. The van der Waals surface area contributed by atoms with Gasteiger partial charge in [-0.25, -0.2) is 4.99 Å². The molecule has 14 heavy (non-hydrogen) atoms. The van der Waals surface area contributed by atoms with Crippen molar-refractivity contribution in [1.29, 1.82) is 0 Å². The number of aliphatic imine (C=N–C) groups is 1. The zero-order valence-corrected chi connectivity index (χ0v) is 7.53. The fourth-order valence-electron chi connectivity index (χ4n) is 1.59. The highest BCUT2D eigenvalue weighted by molar-refractivity contribution is 6.16. The van der Waals surface area contributed by atoms with Gasteiger partial charge in [0, 0.05) is 5.57 Å². The Morgan fingerprint density at radius 2 is 2.29 bits per heavy atom. The maximum atomic E-state index is 11.5. The molecule has 3 N–H and O–H groups in total. The molecule has 0 fully saturated rings. The number of rotatable bonds is 2. The van der Waals surface area contributed by atoms with Gasteiger partial charge in [-0.3, -0.25) is 4.79 Å². The zero-order chi connectivity index (χ0) is 10.1. The lowest BCUT2D eigenvalue weighted by molar-refractivity contribution is -0.111. The second-order valence-corrected chi connectivity index (χ2v) is 3.10. The van der Waals surface area contributed by atoms with E-state index in [-0.39, 0.29) is 11.7 Å².